The fourth-order valence-electron chi connectivity index (χ4n) is 1.65. The Bertz CT molecular complexity index is 319. The maximum absolute atomic E-state index is 13.6. The van der Waals surface area contributed by atoms with Gasteiger partial charge in [-0.15, -0.1) is 9.24 Å². The van der Waals surface area contributed by atoms with Gasteiger partial charge in [0.15, 0.2) is 0 Å². The summed E-state index contributed by atoms with van der Waals surface area (Å²) in [5.74, 6) is -0.419. The van der Waals surface area contributed by atoms with Gasteiger partial charge in [0, 0.05) is 31.1 Å². The van der Waals surface area contributed by atoms with Crippen LogP contribution in [-0.2, 0) is 0 Å². The third-order valence-corrected chi connectivity index (χ3v) is 3.11. The molecule has 2 atom stereocenters. The van der Waals surface area contributed by atoms with Gasteiger partial charge in [-0.25, -0.2) is 4.39 Å². The number of aliphatic hydroxyl groups is 2. The van der Waals surface area contributed by atoms with Gasteiger partial charge in [0.25, 0.3) is 0 Å². The fourth-order valence-corrected chi connectivity index (χ4v) is 1.97. The second-order valence-electron chi connectivity index (χ2n) is 4.08. The Morgan fingerprint density at radius 3 is 2.69 bits per heavy atom. The molecule has 0 aromatic heterocycles. The zero-order valence-corrected chi connectivity index (χ0v) is 10.3. The number of rotatable bonds is 5. The van der Waals surface area contributed by atoms with Crippen molar-refractivity contribution in [1.82, 2.24) is 0 Å². The first-order chi connectivity index (χ1) is 7.58. The highest BCUT2D eigenvalue weighted by atomic mass is 31.0. The molecule has 90 valence electrons. The Hall–Kier alpha value is -0.500. The van der Waals surface area contributed by atoms with E-state index < -0.39 is 0 Å². The Kier molecular flexibility index (Phi) is 5.33. The highest BCUT2D eigenvalue weighted by molar-refractivity contribution is 7.17. The van der Waals surface area contributed by atoms with E-state index in [2.05, 4.69) is 15.8 Å². The summed E-state index contributed by atoms with van der Waals surface area (Å²) in [5.41, 5.74) is 1.30. The third kappa shape index (κ3) is 3.51. The number of hydrogen-bond donors (Lipinski definition) is 2. The highest BCUT2D eigenvalue weighted by Gasteiger charge is 2.17. The van der Waals surface area contributed by atoms with Gasteiger partial charge in [-0.05, 0) is 17.7 Å². The van der Waals surface area contributed by atoms with Crippen molar-refractivity contribution in [3.05, 3.63) is 35.7 Å². The average molecular weight is 244 g/mol. The minimum atomic E-state index is -0.255. The molecule has 1 aliphatic rings. The van der Waals surface area contributed by atoms with Gasteiger partial charge in [-0.2, -0.15) is 0 Å². The zero-order valence-electron chi connectivity index (χ0n) is 9.19. The first-order valence-electron chi connectivity index (χ1n) is 5.30. The standard InChI is InChI=1S/C12H18FO2P/c1-8(4-9(6-14)7-15)11-3-2-10(16)5-12(11)13/h2-3,9-10,14-15H,1,4-7,16H2. The van der Waals surface area contributed by atoms with E-state index in [0.717, 1.165) is 0 Å². The van der Waals surface area contributed by atoms with Crippen LogP contribution in [0.25, 0.3) is 0 Å². The average Bonchev–Trinajstić information content (AvgIpc) is 2.25. The van der Waals surface area contributed by atoms with Crippen LogP contribution in [0.3, 0.4) is 0 Å². The number of halogens is 1. The molecule has 4 heteroatoms. The van der Waals surface area contributed by atoms with Crippen LogP contribution in [-0.4, -0.2) is 29.1 Å². The van der Waals surface area contributed by atoms with Crippen LogP contribution in [0.2, 0.25) is 0 Å². The van der Waals surface area contributed by atoms with Gasteiger partial charge in [-0.1, -0.05) is 18.7 Å². The number of hydrogen-bond acceptors (Lipinski definition) is 2. The summed E-state index contributed by atoms with van der Waals surface area (Å²) in [4.78, 5) is 0. The number of aliphatic hydroxyl groups excluding tert-OH is 2. The minimum Gasteiger partial charge on any atom is -0.396 e. The van der Waals surface area contributed by atoms with Crippen molar-refractivity contribution in [2.24, 2.45) is 5.92 Å². The molecule has 2 unspecified atom stereocenters. The molecule has 0 fully saturated rings. The van der Waals surface area contributed by atoms with Crippen LogP contribution in [0.4, 0.5) is 4.39 Å². The Labute approximate surface area is 97.8 Å². The van der Waals surface area contributed by atoms with Crippen LogP contribution in [0.5, 0.6) is 0 Å². The molecule has 0 bridgehead atoms. The molecule has 2 nitrogen and oxygen atoms in total. The molecule has 0 heterocycles. The second kappa shape index (κ2) is 6.29. The molecule has 2 N–H and O–H groups in total. The molecular formula is C12H18FO2P. The summed E-state index contributed by atoms with van der Waals surface area (Å²) in [7, 11) is 2.56. The lowest BCUT2D eigenvalue weighted by Crippen LogP contribution is -2.13. The van der Waals surface area contributed by atoms with E-state index in [0.29, 0.717) is 24.0 Å². The number of allylic oxidation sites excluding steroid dienone is 5. The van der Waals surface area contributed by atoms with Crippen molar-refractivity contribution in [3.63, 3.8) is 0 Å². The molecule has 0 saturated heterocycles. The maximum Gasteiger partial charge on any atom is 0.108 e. The van der Waals surface area contributed by atoms with Crippen LogP contribution in [0, 0.1) is 5.92 Å². The molecule has 0 aromatic rings. The Morgan fingerprint density at radius 2 is 2.19 bits per heavy atom. The van der Waals surface area contributed by atoms with E-state index >= 15 is 0 Å². The molecule has 0 saturated carbocycles. The molecule has 16 heavy (non-hydrogen) atoms. The highest BCUT2D eigenvalue weighted by Crippen LogP contribution is 2.30. The van der Waals surface area contributed by atoms with Gasteiger partial charge < -0.3 is 10.2 Å². The summed E-state index contributed by atoms with van der Waals surface area (Å²) < 4.78 is 13.6. The van der Waals surface area contributed by atoms with Gasteiger partial charge in [0.05, 0.1) is 0 Å². The van der Waals surface area contributed by atoms with Crippen molar-refractivity contribution in [3.8, 4) is 0 Å². The molecule has 0 spiro atoms. The molecule has 0 amide bonds. The summed E-state index contributed by atoms with van der Waals surface area (Å²) in [6.45, 7) is 3.59. The predicted molar refractivity (Wildman–Crippen MR) is 66.8 cm³/mol. The lowest BCUT2D eigenvalue weighted by Gasteiger charge is -2.18. The Morgan fingerprint density at radius 1 is 1.56 bits per heavy atom. The quantitative estimate of drug-likeness (QED) is 0.726. The minimum absolute atomic E-state index is 0.111. The van der Waals surface area contributed by atoms with Gasteiger partial charge >= 0.3 is 0 Å². The molecule has 0 aromatic carbocycles. The van der Waals surface area contributed by atoms with E-state index in [-0.39, 0.29) is 30.6 Å². The third-order valence-electron chi connectivity index (χ3n) is 2.65. The van der Waals surface area contributed by atoms with Crippen molar-refractivity contribution in [1.29, 1.82) is 0 Å². The molecular weight excluding hydrogens is 226 g/mol. The first-order valence-corrected chi connectivity index (χ1v) is 5.97. The lowest BCUT2D eigenvalue weighted by atomic mass is 9.92. The largest absolute Gasteiger partial charge is 0.396 e. The normalized spacial score (nSPS) is 20.7. The van der Waals surface area contributed by atoms with Crippen LogP contribution in [0.1, 0.15) is 12.8 Å². The maximum atomic E-state index is 13.6. The smallest absolute Gasteiger partial charge is 0.108 e. The van der Waals surface area contributed by atoms with E-state index in [1.165, 1.54) is 0 Å². The summed E-state index contributed by atoms with van der Waals surface area (Å²) >= 11 is 0. The SMILES string of the molecule is C=C(CC(CO)CO)C1=C(F)CC(P)C=C1. The Balaban J connectivity index is 2.68. The lowest BCUT2D eigenvalue weighted by molar-refractivity contribution is 0.150. The fraction of sp³-hybridized carbons (Fsp3) is 0.500. The van der Waals surface area contributed by atoms with E-state index in [1.54, 1.807) is 6.08 Å². The van der Waals surface area contributed by atoms with Crippen molar-refractivity contribution in [2.45, 2.75) is 18.5 Å². The topological polar surface area (TPSA) is 40.5 Å². The molecule has 0 radical (unpaired) electrons. The van der Waals surface area contributed by atoms with Gasteiger partial charge in [-0.3, -0.25) is 0 Å². The summed E-state index contributed by atoms with van der Waals surface area (Å²) in [5, 5.41) is 17.9. The molecule has 0 aliphatic heterocycles. The summed E-state index contributed by atoms with van der Waals surface area (Å²) in [6.07, 6.45) is 4.44. The van der Waals surface area contributed by atoms with Crippen molar-refractivity contribution >= 4 is 9.24 Å². The first kappa shape index (κ1) is 13.6. The molecule has 1 aliphatic carbocycles. The molecule has 1 rings (SSSR count). The van der Waals surface area contributed by atoms with E-state index in [4.69, 9.17) is 10.2 Å². The van der Waals surface area contributed by atoms with Gasteiger partial charge in [0.1, 0.15) is 5.83 Å². The predicted octanol–water partition coefficient (Wildman–Crippen LogP) is 1.96. The van der Waals surface area contributed by atoms with Crippen LogP contribution in [0.15, 0.2) is 35.7 Å². The van der Waals surface area contributed by atoms with Gasteiger partial charge in [0.2, 0.25) is 0 Å². The second-order valence-corrected chi connectivity index (χ2v) is 4.94. The monoisotopic (exact) mass is 244 g/mol. The van der Waals surface area contributed by atoms with Crippen molar-refractivity contribution in [2.75, 3.05) is 13.2 Å². The van der Waals surface area contributed by atoms with E-state index in [1.807, 2.05) is 6.08 Å². The van der Waals surface area contributed by atoms with Crippen LogP contribution < -0.4 is 0 Å². The van der Waals surface area contributed by atoms with Crippen LogP contribution >= 0.6 is 9.24 Å². The summed E-state index contributed by atoms with van der Waals surface area (Å²) in [6, 6.07) is 0. The van der Waals surface area contributed by atoms with E-state index in [9.17, 15) is 4.39 Å². The van der Waals surface area contributed by atoms with Crippen molar-refractivity contribution < 1.29 is 14.6 Å². The zero-order chi connectivity index (χ0) is 12.1.